The van der Waals surface area contributed by atoms with Gasteiger partial charge in [-0.15, -0.1) is 5.10 Å². The summed E-state index contributed by atoms with van der Waals surface area (Å²) in [7, 11) is 1.59. The van der Waals surface area contributed by atoms with Gasteiger partial charge in [0.05, 0.1) is 6.04 Å². The lowest BCUT2D eigenvalue weighted by atomic mass is 9.96. The summed E-state index contributed by atoms with van der Waals surface area (Å²) in [5.74, 6) is -0.0444. The molecule has 1 saturated carbocycles. The van der Waals surface area contributed by atoms with E-state index in [-0.39, 0.29) is 29.2 Å². The Morgan fingerprint density at radius 3 is 2.79 bits per heavy atom. The van der Waals surface area contributed by atoms with Gasteiger partial charge in [-0.3, -0.25) is 4.57 Å². The normalized spacial score (nSPS) is 16.5. The fourth-order valence-corrected chi connectivity index (χ4v) is 2.91. The molecule has 2 heterocycles. The van der Waals surface area contributed by atoms with Crippen molar-refractivity contribution in [3.63, 3.8) is 0 Å². The van der Waals surface area contributed by atoms with Crippen LogP contribution in [-0.2, 0) is 7.05 Å². The highest BCUT2D eigenvalue weighted by Crippen LogP contribution is 2.30. The standard InChI is InChI=1S/C13H19N9O2/c1-20-7-16-12(22(23)24)13(20)17-10(14)9-11(15)21(19-18-9)8-5-3-2-4-6-8/h7-8H,2-6,15H2,1H3,(H2,14,17). The molecule has 0 bridgehead atoms. The van der Waals surface area contributed by atoms with Crippen molar-refractivity contribution in [2.24, 2.45) is 17.8 Å². The van der Waals surface area contributed by atoms with E-state index in [1.54, 1.807) is 11.7 Å². The van der Waals surface area contributed by atoms with Gasteiger partial charge >= 0.3 is 5.82 Å². The van der Waals surface area contributed by atoms with E-state index >= 15 is 0 Å². The van der Waals surface area contributed by atoms with Gasteiger partial charge in [-0.2, -0.15) is 0 Å². The first-order chi connectivity index (χ1) is 11.5. The van der Waals surface area contributed by atoms with Crippen molar-refractivity contribution in [2.45, 2.75) is 38.1 Å². The molecule has 0 atom stereocenters. The molecule has 0 unspecified atom stereocenters. The molecule has 1 fully saturated rings. The Morgan fingerprint density at radius 2 is 2.12 bits per heavy atom. The Bertz CT molecular complexity index is 785. The molecule has 3 rings (SSSR count). The first-order valence-electron chi connectivity index (χ1n) is 7.70. The molecule has 0 saturated heterocycles. The van der Waals surface area contributed by atoms with Crippen LogP contribution in [0.25, 0.3) is 0 Å². The molecule has 0 aliphatic heterocycles. The fraction of sp³-hybridized carbons (Fsp3) is 0.538. The van der Waals surface area contributed by atoms with Crippen LogP contribution >= 0.6 is 0 Å². The molecule has 0 amide bonds. The Labute approximate surface area is 137 Å². The number of hydrogen-bond acceptors (Lipinski definition) is 7. The quantitative estimate of drug-likeness (QED) is 0.366. The maximum Gasteiger partial charge on any atom is 0.408 e. The number of nitrogens with two attached hydrogens (primary N) is 2. The molecule has 24 heavy (non-hydrogen) atoms. The zero-order valence-electron chi connectivity index (χ0n) is 13.3. The van der Waals surface area contributed by atoms with E-state index in [4.69, 9.17) is 11.5 Å². The summed E-state index contributed by atoms with van der Waals surface area (Å²) in [5, 5.41) is 19.1. The van der Waals surface area contributed by atoms with Crippen LogP contribution in [0.4, 0.5) is 17.5 Å². The number of imidazole rings is 1. The van der Waals surface area contributed by atoms with Gasteiger partial charge in [0.1, 0.15) is 0 Å². The van der Waals surface area contributed by atoms with Crippen molar-refractivity contribution in [1.82, 2.24) is 24.5 Å². The topological polar surface area (TPSA) is 156 Å². The third kappa shape index (κ3) is 2.79. The second-order valence-electron chi connectivity index (χ2n) is 5.82. The Hall–Kier alpha value is -2.98. The minimum atomic E-state index is -0.617. The summed E-state index contributed by atoms with van der Waals surface area (Å²) >= 11 is 0. The molecule has 1 aliphatic carbocycles. The lowest BCUT2D eigenvalue weighted by molar-refractivity contribution is -0.388. The molecule has 11 nitrogen and oxygen atoms in total. The number of nitro groups is 1. The number of nitrogens with zero attached hydrogens (tertiary/aromatic N) is 7. The summed E-state index contributed by atoms with van der Waals surface area (Å²) in [4.78, 5) is 18.2. The minimum Gasteiger partial charge on any atom is -0.382 e. The molecule has 2 aromatic rings. The first-order valence-corrected chi connectivity index (χ1v) is 7.70. The molecule has 2 aromatic heterocycles. The van der Waals surface area contributed by atoms with E-state index in [0.717, 1.165) is 25.7 Å². The Morgan fingerprint density at radius 1 is 1.42 bits per heavy atom. The van der Waals surface area contributed by atoms with E-state index in [1.807, 2.05) is 0 Å². The molecule has 0 radical (unpaired) electrons. The average Bonchev–Trinajstić information content (AvgIpc) is 3.12. The van der Waals surface area contributed by atoms with Gasteiger partial charge in [0.2, 0.25) is 12.1 Å². The minimum absolute atomic E-state index is 0.0266. The fourth-order valence-electron chi connectivity index (χ4n) is 2.91. The predicted octanol–water partition coefficient (Wildman–Crippen LogP) is 1.04. The number of anilines is 1. The third-order valence-electron chi connectivity index (χ3n) is 4.18. The molecule has 11 heteroatoms. The van der Waals surface area contributed by atoms with E-state index in [9.17, 15) is 10.1 Å². The van der Waals surface area contributed by atoms with E-state index < -0.39 is 4.92 Å². The van der Waals surface area contributed by atoms with Gasteiger partial charge in [0.25, 0.3) is 0 Å². The highest BCUT2D eigenvalue weighted by Gasteiger charge is 2.24. The third-order valence-corrected chi connectivity index (χ3v) is 4.18. The van der Waals surface area contributed by atoms with Crippen LogP contribution in [0.1, 0.15) is 43.8 Å². The van der Waals surface area contributed by atoms with Crippen molar-refractivity contribution in [3.05, 3.63) is 22.1 Å². The van der Waals surface area contributed by atoms with Gasteiger partial charge in [-0.25, -0.2) is 9.67 Å². The number of aromatic nitrogens is 5. The summed E-state index contributed by atoms with van der Waals surface area (Å²) in [5.41, 5.74) is 12.3. The van der Waals surface area contributed by atoms with E-state index in [1.165, 1.54) is 17.3 Å². The Kier molecular flexibility index (Phi) is 4.15. The lowest BCUT2D eigenvalue weighted by Crippen LogP contribution is -2.19. The second kappa shape index (κ2) is 6.26. The number of aryl methyl sites for hydroxylation is 1. The van der Waals surface area contributed by atoms with Gasteiger partial charge in [0.15, 0.2) is 17.3 Å². The summed E-state index contributed by atoms with van der Waals surface area (Å²) in [6.07, 6.45) is 6.76. The Balaban J connectivity index is 1.93. The molecule has 0 aromatic carbocycles. The van der Waals surface area contributed by atoms with Crippen LogP contribution in [0.3, 0.4) is 0 Å². The SMILES string of the molecule is Cn1cnc([N+](=O)[O-])c1N=C(N)c1nnn(C2CCCCC2)c1N. The van der Waals surface area contributed by atoms with Crippen molar-refractivity contribution in [2.75, 3.05) is 5.73 Å². The van der Waals surface area contributed by atoms with Crippen molar-refractivity contribution in [1.29, 1.82) is 0 Å². The summed E-state index contributed by atoms with van der Waals surface area (Å²) in [6, 6.07) is 0.207. The molecular weight excluding hydrogens is 314 g/mol. The van der Waals surface area contributed by atoms with Crippen LogP contribution < -0.4 is 11.5 Å². The highest BCUT2D eigenvalue weighted by atomic mass is 16.6. The number of hydrogen-bond donors (Lipinski definition) is 2. The van der Waals surface area contributed by atoms with Gasteiger partial charge in [-0.05, 0) is 22.7 Å². The summed E-state index contributed by atoms with van der Waals surface area (Å²) < 4.78 is 3.08. The molecule has 0 spiro atoms. The smallest absolute Gasteiger partial charge is 0.382 e. The van der Waals surface area contributed by atoms with Crippen LogP contribution in [-0.4, -0.2) is 35.3 Å². The molecule has 128 valence electrons. The lowest BCUT2D eigenvalue weighted by Gasteiger charge is -2.22. The second-order valence-corrected chi connectivity index (χ2v) is 5.82. The monoisotopic (exact) mass is 333 g/mol. The maximum atomic E-state index is 11.0. The van der Waals surface area contributed by atoms with Crippen molar-refractivity contribution >= 4 is 23.3 Å². The molecule has 4 N–H and O–H groups in total. The number of rotatable bonds is 4. The first kappa shape index (κ1) is 15.9. The highest BCUT2D eigenvalue weighted by molar-refractivity contribution is 6.01. The van der Waals surface area contributed by atoms with Crippen LogP contribution in [0.5, 0.6) is 0 Å². The predicted molar refractivity (Wildman–Crippen MR) is 86.8 cm³/mol. The zero-order valence-corrected chi connectivity index (χ0v) is 13.3. The largest absolute Gasteiger partial charge is 0.408 e. The van der Waals surface area contributed by atoms with Gasteiger partial charge < -0.3 is 21.6 Å². The van der Waals surface area contributed by atoms with Crippen molar-refractivity contribution < 1.29 is 4.92 Å². The zero-order chi connectivity index (χ0) is 17.3. The van der Waals surface area contributed by atoms with Crippen LogP contribution in [0, 0.1) is 10.1 Å². The summed E-state index contributed by atoms with van der Waals surface area (Å²) in [6.45, 7) is 0. The molecular formula is C13H19N9O2. The van der Waals surface area contributed by atoms with E-state index in [2.05, 4.69) is 20.3 Å². The number of aliphatic imine (C=N–C) groups is 1. The van der Waals surface area contributed by atoms with Gasteiger partial charge in [-0.1, -0.05) is 24.5 Å². The average molecular weight is 333 g/mol. The number of amidine groups is 1. The van der Waals surface area contributed by atoms with Gasteiger partial charge in [0, 0.05) is 7.05 Å². The van der Waals surface area contributed by atoms with Crippen LogP contribution in [0.15, 0.2) is 11.3 Å². The van der Waals surface area contributed by atoms with E-state index in [0.29, 0.717) is 5.82 Å². The maximum absolute atomic E-state index is 11.0. The van der Waals surface area contributed by atoms with Crippen molar-refractivity contribution in [3.8, 4) is 0 Å². The molecule has 1 aliphatic rings. The number of nitrogen functional groups attached to an aromatic ring is 1. The van der Waals surface area contributed by atoms with Crippen LogP contribution in [0.2, 0.25) is 0 Å².